The Hall–Kier alpha value is -1.81. The van der Waals surface area contributed by atoms with Gasteiger partial charge in [0.15, 0.2) is 0 Å². The molecule has 0 aliphatic heterocycles. The van der Waals surface area contributed by atoms with Crippen LogP contribution in [0.5, 0.6) is 0 Å². The Bertz CT molecular complexity index is 586. The zero-order chi connectivity index (χ0) is 15.1. The van der Waals surface area contributed by atoms with E-state index in [1.54, 1.807) is 11.8 Å². The highest BCUT2D eigenvalue weighted by Crippen LogP contribution is 2.21. The lowest BCUT2D eigenvalue weighted by atomic mass is 10.2. The average molecular weight is 300 g/mol. The van der Waals surface area contributed by atoms with Crippen molar-refractivity contribution in [3.63, 3.8) is 0 Å². The fraction of sp³-hybridized carbons (Fsp3) is 0.294. The number of rotatable bonds is 6. The average Bonchev–Trinajstić information content (AvgIpc) is 2.49. The summed E-state index contributed by atoms with van der Waals surface area (Å²) in [4.78, 5) is 16.6. The molecular weight excluding hydrogens is 280 g/mol. The van der Waals surface area contributed by atoms with Crippen LogP contribution in [0.4, 0.5) is 5.82 Å². The molecule has 4 heteroatoms. The van der Waals surface area contributed by atoms with Gasteiger partial charge in [-0.15, -0.1) is 11.8 Å². The van der Waals surface area contributed by atoms with Gasteiger partial charge in [-0.25, -0.2) is 4.98 Å². The van der Waals surface area contributed by atoms with Gasteiger partial charge in [0.05, 0.1) is 5.25 Å². The molecule has 1 amide bonds. The van der Waals surface area contributed by atoms with Crippen LogP contribution in [-0.2, 0) is 10.5 Å². The molecule has 0 spiro atoms. The van der Waals surface area contributed by atoms with Crippen molar-refractivity contribution in [1.82, 2.24) is 4.98 Å². The summed E-state index contributed by atoms with van der Waals surface area (Å²) < 4.78 is 0. The number of carbonyl (C=O) groups is 1. The van der Waals surface area contributed by atoms with E-state index < -0.39 is 0 Å². The molecule has 1 aromatic heterocycles. The quantitative estimate of drug-likeness (QED) is 0.875. The number of aromatic nitrogens is 1. The Morgan fingerprint density at radius 2 is 1.95 bits per heavy atom. The van der Waals surface area contributed by atoms with E-state index >= 15 is 0 Å². The number of pyridine rings is 1. The Morgan fingerprint density at radius 1 is 1.19 bits per heavy atom. The van der Waals surface area contributed by atoms with Gasteiger partial charge in [0.25, 0.3) is 0 Å². The van der Waals surface area contributed by atoms with Crippen LogP contribution in [-0.4, -0.2) is 16.1 Å². The normalized spacial score (nSPS) is 11.9. The molecule has 21 heavy (non-hydrogen) atoms. The number of anilines is 1. The molecule has 1 N–H and O–H groups in total. The van der Waals surface area contributed by atoms with Crippen molar-refractivity contribution in [2.24, 2.45) is 0 Å². The monoisotopic (exact) mass is 300 g/mol. The molecule has 0 aliphatic rings. The summed E-state index contributed by atoms with van der Waals surface area (Å²) >= 11 is 1.67. The van der Waals surface area contributed by atoms with Crippen LogP contribution in [0.3, 0.4) is 0 Å². The summed E-state index contributed by atoms with van der Waals surface area (Å²) in [5.74, 6) is 1.49. The van der Waals surface area contributed by atoms with E-state index in [1.165, 1.54) is 5.56 Å². The van der Waals surface area contributed by atoms with Crippen molar-refractivity contribution in [2.45, 2.75) is 31.3 Å². The lowest BCUT2D eigenvalue weighted by molar-refractivity contribution is -0.115. The van der Waals surface area contributed by atoms with Crippen molar-refractivity contribution in [3.8, 4) is 0 Å². The maximum absolute atomic E-state index is 12.3. The predicted octanol–water partition coefficient (Wildman–Crippen LogP) is 4.04. The minimum absolute atomic E-state index is 0.0246. The van der Waals surface area contributed by atoms with Gasteiger partial charge in [0.1, 0.15) is 5.82 Å². The number of thioether (sulfide) groups is 1. The second-order valence-corrected chi connectivity index (χ2v) is 6.04. The van der Waals surface area contributed by atoms with E-state index in [9.17, 15) is 4.79 Å². The number of amides is 1. The number of benzene rings is 1. The predicted molar refractivity (Wildman–Crippen MR) is 89.4 cm³/mol. The maximum Gasteiger partial charge on any atom is 0.238 e. The van der Waals surface area contributed by atoms with Gasteiger partial charge < -0.3 is 5.32 Å². The van der Waals surface area contributed by atoms with Crippen molar-refractivity contribution >= 4 is 23.5 Å². The summed E-state index contributed by atoms with van der Waals surface area (Å²) in [5.41, 5.74) is 2.14. The van der Waals surface area contributed by atoms with E-state index in [1.807, 2.05) is 50.2 Å². The molecule has 3 nitrogen and oxygen atoms in total. The number of hydrogen-bond donors (Lipinski definition) is 1. The smallest absolute Gasteiger partial charge is 0.238 e. The number of aryl methyl sites for hydroxylation is 1. The van der Waals surface area contributed by atoms with Gasteiger partial charge in [-0.3, -0.25) is 4.79 Å². The third-order valence-corrected chi connectivity index (χ3v) is 4.55. The third kappa shape index (κ3) is 4.90. The molecule has 1 heterocycles. The molecular formula is C17H20N2OS. The van der Waals surface area contributed by atoms with Gasteiger partial charge in [-0.2, -0.15) is 0 Å². The molecule has 2 aromatic rings. The van der Waals surface area contributed by atoms with Crippen LogP contribution in [0.25, 0.3) is 0 Å². The largest absolute Gasteiger partial charge is 0.310 e. The molecule has 1 atom stereocenters. The van der Waals surface area contributed by atoms with E-state index in [-0.39, 0.29) is 11.2 Å². The van der Waals surface area contributed by atoms with E-state index in [0.29, 0.717) is 5.82 Å². The highest BCUT2D eigenvalue weighted by molar-refractivity contribution is 7.99. The third-order valence-electron chi connectivity index (χ3n) is 3.10. The van der Waals surface area contributed by atoms with Gasteiger partial charge in [0, 0.05) is 11.4 Å². The second kappa shape index (κ2) is 7.84. The summed E-state index contributed by atoms with van der Waals surface area (Å²) in [7, 11) is 0. The zero-order valence-corrected chi connectivity index (χ0v) is 13.2. The SMILES string of the molecule is CCC(SCc1ccccc1)C(=O)Nc1cccc(C)n1. The van der Waals surface area contributed by atoms with Gasteiger partial charge in [0.2, 0.25) is 5.91 Å². The number of carbonyl (C=O) groups excluding carboxylic acids is 1. The van der Waals surface area contributed by atoms with Crippen LogP contribution in [0.15, 0.2) is 48.5 Å². The van der Waals surface area contributed by atoms with Crippen LogP contribution >= 0.6 is 11.8 Å². The van der Waals surface area contributed by atoms with Crippen molar-refractivity contribution in [3.05, 3.63) is 59.8 Å². The molecule has 0 fully saturated rings. The van der Waals surface area contributed by atoms with E-state index in [4.69, 9.17) is 0 Å². The van der Waals surface area contributed by atoms with Crippen molar-refractivity contribution in [1.29, 1.82) is 0 Å². The summed E-state index contributed by atoms with van der Waals surface area (Å²) in [6.45, 7) is 3.95. The van der Waals surface area contributed by atoms with Crippen LogP contribution in [0.2, 0.25) is 0 Å². The summed E-state index contributed by atoms with van der Waals surface area (Å²) in [6, 6.07) is 15.8. The first-order valence-electron chi connectivity index (χ1n) is 7.09. The van der Waals surface area contributed by atoms with Crippen LogP contribution < -0.4 is 5.32 Å². The van der Waals surface area contributed by atoms with Gasteiger partial charge in [-0.1, -0.05) is 43.3 Å². The lowest BCUT2D eigenvalue weighted by Gasteiger charge is -2.14. The summed E-state index contributed by atoms with van der Waals surface area (Å²) in [6.07, 6.45) is 0.801. The first-order chi connectivity index (χ1) is 10.2. The zero-order valence-electron chi connectivity index (χ0n) is 12.4. The van der Waals surface area contributed by atoms with Crippen LogP contribution in [0, 0.1) is 6.92 Å². The molecule has 0 bridgehead atoms. The fourth-order valence-corrected chi connectivity index (χ4v) is 3.00. The van der Waals surface area contributed by atoms with Crippen molar-refractivity contribution in [2.75, 3.05) is 5.32 Å². The molecule has 0 saturated heterocycles. The fourth-order valence-electron chi connectivity index (χ4n) is 1.97. The molecule has 1 unspecified atom stereocenters. The van der Waals surface area contributed by atoms with Gasteiger partial charge in [-0.05, 0) is 31.0 Å². The minimum Gasteiger partial charge on any atom is -0.310 e. The molecule has 0 aliphatic carbocycles. The Kier molecular flexibility index (Phi) is 5.81. The number of nitrogens with zero attached hydrogens (tertiary/aromatic N) is 1. The first-order valence-corrected chi connectivity index (χ1v) is 8.14. The standard InChI is InChI=1S/C17H20N2OS/c1-3-15(21-12-14-9-5-4-6-10-14)17(20)19-16-11-7-8-13(2)18-16/h4-11,15H,3,12H2,1-2H3,(H,18,19,20). The topological polar surface area (TPSA) is 42.0 Å². The maximum atomic E-state index is 12.3. The van der Waals surface area contributed by atoms with E-state index in [0.717, 1.165) is 17.9 Å². The highest BCUT2D eigenvalue weighted by Gasteiger charge is 2.17. The Balaban J connectivity index is 1.92. The molecule has 110 valence electrons. The van der Waals surface area contributed by atoms with Crippen molar-refractivity contribution < 1.29 is 4.79 Å². The summed E-state index contributed by atoms with van der Waals surface area (Å²) in [5, 5.41) is 2.84. The first kappa shape index (κ1) is 15.6. The van der Waals surface area contributed by atoms with Crippen LogP contribution in [0.1, 0.15) is 24.6 Å². The van der Waals surface area contributed by atoms with E-state index in [2.05, 4.69) is 22.4 Å². The molecule has 2 rings (SSSR count). The number of hydrogen-bond acceptors (Lipinski definition) is 3. The Labute approximate surface area is 130 Å². The molecule has 0 saturated carbocycles. The highest BCUT2D eigenvalue weighted by atomic mass is 32.2. The number of nitrogens with one attached hydrogen (secondary N) is 1. The second-order valence-electron chi connectivity index (χ2n) is 4.85. The Morgan fingerprint density at radius 3 is 2.62 bits per heavy atom. The van der Waals surface area contributed by atoms with Gasteiger partial charge >= 0.3 is 0 Å². The minimum atomic E-state index is -0.0625. The lowest BCUT2D eigenvalue weighted by Crippen LogP contribution is -2.25. The molecule has 1 aromatic carbocycles. The molecule has 0 radical (unpaired) electrons.